The average molecular weight is 325 g/mol. The highest BCUT2D eigenvalue weighted by atomic mass is 16.5. The smallest absolute Gasteiger partial charge is 0.227 e. The molecule has 1 fully saturated rings. The maximum atomic E-state index is 6.02. The van der Waals surface area contributed by atoms with Crippen molar-refractivity contribution in [3.8, 4) is 0 Å². The molecule has 3 N–H and O–H groups in total. The lowest BCUT2D eigenvalue weighted by Gasteiger charge is -2.19. The number of aromatic nitrogens is 5. The van der Waals surface area contributed by atoms with Crippen LogP contribution < -0.4 is 11.1 Å². The summed E-state index contributed by atoms with van der Waals surface area (Å²) in [6, 6.07) is 4.21. The van der Waals surface area contributed by atoms with Crippen molar-refractivity contribution in [1.29, 1.82) is 0 Å². The molecule has 0 amide bonds. The maximum Gasteiger partial charge on any atom is 0.227 e. The third kappa shape index (κ3) is 2.76. The number of hydrogen-bond acceptors (Lipinski definition) is 7. The Morgan fingerprint density at radius 2 is 2.12 bits per heavy atom. The van der Waals surface area contributed by atoms with Crippen molar-refractivity contribution in [2.24, 2.45) is 13.0 Å². The summed E-state index contributed by atoms with van der Waals surface area (Å²) in [4.78, 5) is 12.9. The van der Waals surface area contributed by atoms with Crippen LogP contribution >= 0.6 is 0 Å². The molecule has 0 radical (unpaired) electrons. The van der Waals surface area contributed by atoms with E-state index in [9.17, 15) is 0 Å². The minimum atomic E-state index is 0.142. The molecule has 1 aliphatic rings. The number of nitrogen functional groups attached to an aromatic ring is 1. The highest BCUT2D eigenvalue weighted by Gasteiger charge is 2.29. The van der Waals surface area contributed by atoms with Crippen molar-refractivity contribution >= 4 is 22.8 Å². The minimum Gasteiger partial charge on any atom is -0.383 e. The van der Waals surface area contributed by atoms with Crippen LogP contribution in [0.2, 0.25) is 0 Å². The summed E-state index contributed by atoms with van der Waals surface area (Å²) in [5.41, 5.74) is 7.98. The molecular formula is C16H19N7O. The first-order chi connectivity index (χ1) is 11.7. The molecule has 0 unspecified atom stereocenters. The van der Waals surface area contributed by atoms with E-state index in [1.807, 2.05) is 31.6 Å². The van der Waals surface area contributed by atoms with E-state index in [1.165, 1.54) is 5.56 Å². The Kier molecular flexibility index (Phi) is 3.73. The molecule has 2 atom stereocenters. The summed E-state index contributed by atoms with van der Waals surface area (Å²) < 4.78 is 7.35. The first kappa shape index (κ1) is 14.8. The van der Waals surface area contributed by atoms with Crippen LogP contribution in [0, 0.1) is 5.92 Å². The topological polar surface area (TPSA) is 104 Å². The lowest BCUT2D eigenvalue weighted by atomic mass is 9.95. The Labute approximate surface area is 139 Å². The molecule has 124 valence electrons. The van der Waals surface area contributed by atoms with Crippen LogP contribution in [0.25, 0.3) is 11.0 Å². The van der Waals surface area contributed by atoms with Gasteiger partial charge in [0.05, 0.1) is 30.8 Å². The van der Waals surface area contributed by atoms with Crippen LogP contribution in [-0.4, -0.2) is 44.0 Å². The van der Waals surface area contributed by atoms with Gasteiger partial charge in [-0.25, -0.2) is 0 Å². The van der Waals surface area contributed by atoms with Crippen molar-refractivity contribution in [3.63, 3.8) is 0 Å². The molecule has 24 heavy (non-hydrogen) atoms. The normalized spacial score (nSPS) is 20.5. The molecular weight excluding hydrogens is 306 g/mol. The zero-order valence-corrected chi connectivity index (χ0v) is 13.4. The van der Waals surface area contributed by atoms with E-state index in [-0.39, 0.29) is 6.04 Å². The van der Waals surface area contributed by atoms with Gasteiger partial charge in [-0.05, 0) is 24.1 Å². The Morgan fingerprint density at radius 3 is 2.96 bits per heavy atom. The van der Waals surface area contributed by atoms with Crippen LogP contribution in [0.1, 0.15) is 5.56 Å². The molecule has 4 heterocycles. The molecule has 0 spiro atoms. The quantitative estimate of drug-likeness (QED) is 0.737. The summed E-state index contributed by atoms with van der Waals surface area (Å²) in [6.07, 6.45) is 6.23. The number of nitrogens with one attached hydrogen (secondary N) is 1. The predicted octanol–water partition coefficient (Wildman–Crippen LogP) is 1.01. The highest BCUT2D eigenvalue weighted by molar-refractivity contribution is 5.86. The van der Waals surface area contributed by atoms with E-state index < -0.39 is 0 Å². The average Bonchev–Trinajstić information content (AvgIpc) is 3.16. The fourth-order valence-electron chi connectivity index (χ4n) is 3.06. The molecule has 8 nitrogen and oxygen atoms in total. The van der Waals surface area contributed by atoms with Crippen molar-refractivity contribution in [2.75, 3.05) is 24.3 Å². The van der Waals surface area contributed by atoms with Crippen molar-refractivity contribution in [1.82, 2.24) is 24.7 Å². The third-order valence-corrected chi connectivity index (χ3v) is 4.38. The van der Waals surface area contributed by atoms with Gasteiger partial charge in [-0.3, -0.25) is 9.67 Å². The second-order valence-electron chi connectivity index (χ2n) is 6.05. The fraction of sp³-hybridized carbons (Fsp3) is 0.375. The number of hydrogen-bond donors (Lipinski definition) is 2. The maximum absolute atomic E-state index is 6.02. The minimum absolute atomic E-state index is 0.142. The number of nitrogens with two attached hydrogens (primary N) is 1. The number of rotatable bonds is 4. The van der Waals surface area contributed by atoms with Crippen LogP contribution in [0.5, 0.6) is 0 Å². The van der Waals surface area contributed by atoms with E-state index in [0.29, 0.717) is 30.9 Å². The number of aryl methyl sites for hydroxylation is 1. The second kappa shape index (κ2) is 6.04. The Hall–Kier alpha value is -2.74. The molecule has 1 aliphatic heterocycles. The van der Waals surface area contributed by atoms with Gasteiger partial charge in [0.2, 0.25) is 5.95 Å². The van der Waals surface area contributed by atoms with Crippen LogP contribution in [0.3, 0.4) is 0 Å². The van der Waals surface area contributed by atoms with Gasteiger partial charge in [0.25, 0.3) is 0 Å². The molecule has 4 rings (SSSR count). The van der Waals surface area contributed by atoms with Gasteiger partial charge in [0.15, 0.2) is 5.65 Å². The Balaban J connectivity index is 1.54. The molecule has 0 saturated carbocycles. The summed E-state index contributed by atoms with van der Waals surface area (Å²) in [6.45, 7) is 1.34. The molecule has 0 aliphatic carbocycles. The first-order valence-corrected chi connectivity index (χ1v) is 7.89. The number of anilines is 2. The van der Waals surface area contributed by atoms with E-state index >= 15 is 0 Å². The zero-order chi connectivity index (χ0) is 16.5. The summed E-state index contributed by atoms with van der Waals surface area (Å²) >= 11 is 0. The van der Waals surface area contributed by atoms with Crippen LogP contribution in [0.4, 0.5) is 11.8 Å². The molecule has 1 saturated heterocycles. The number of pyridine rings is 1. The second-order valence-corrected chi connectivity index (χ2v) is 6.05. The summed E-state index contributed by atoms with van der Waals surface area (Å²) in [5.74, 6) is 1.29. The van der Waals surface area contributed by atoms with Crippen LogP contribution in [-0.2, 0) is 18.2 Å². The van der Waals surface area contributed by atoms with Crippen molar-refractivity contribution < 1.29 is 4.74 Å². The first-order valence-electron chi connectivity index (χ1n) is 7.89. The fourth-order valence-corrected chi connectivity index (χ4v) is 3.06. The van der Waals surface area contributed by atoms with E-state index in [0.717, 1.165) is 17.5 Å². The Bertz CT molecular complexity index is 848. The molecule has 3 aromatic heterocycles. The van der Waals surface area contributed by atoms with Crippen LogP contribution in [0.15, 0.2) is 30.7 Å². The van der Waals surface area contributed by atoms with E-state index in [4.69, 9.17) is 10.5 Å². The zero-order valence-electron chi connectivity index (χ0n) is 13.4. The van der Waals surface area contributed by atoms with Crippen molar-refractivity contribution in [2.45, 2.75) is 12.5 Å². The van der Waals surface area contributed by atoms with Gasteiger partial charge in [-0.15, -0.1) is 0 Å². The summed E-state index contributed by atoms with van der Waals surface area (Å²) in [5, 5.41) is 8.32. The van der Waals surface area contributed by atoms with Gasteiger partial charge in [0.1, 0.15) is 5.82 Å². The van der Waals surface area contributed by atoms with Gasteiger partial charge < -0.3 is 15.8 Å². The Morgan fingerprint density at radius 1 is 1.29 bits per heavy atom. The van der Waals surface area contributed by atoms with Crippen molar-refractivity contribution in [3.05, 3.63) is 36.3 Å². The summed E-state index contributed by atoms with van der Waals surface area (Å²) in [7, 11) is 1.84. The SMILES string of the molecule is Cn1ncc2c(N)nc(N[C@H]3COC[C@H]3Cc3ccncc3)nc21. The van der Waals surface area contributed by atoms with Gasteiger partial charge >= 0.3 is 0 Å². The van der Waals surface area contributed by atoms with Gasteiger partial charge in [-0.1, -0.05) is 0 Å². The predicted molar refractivity (Wildman–Crippen MR) is 90.4 cm³/mol. The standard InChI is InChI=1S/C16H19N7O/c1-23-15-12(7-19-23)14(17)21-16(22-15)20-13-9-24-8-11(13)6-10-2-4-18-5-3-10/h2-5,7,11,13H,6,8-9H2,1H3,(H3,17,20,21,22)/t11-,13+/m1/s1. The molecule has 3 aromatic rings. The number of ether oxygens (including phenoxy) is 1. The van der Waals surface area contributed by atoms with Gasteiger partial charge in [-0.2, -0.15) is 15.1 Å². The lowest BCUT2D eigenvalue weighted by Crippen LogP contribution is -2.30. The lowest BCUT2D eigenvalue weighted by molar-refractivity contribution is 0.185. The highest BCUT2D eigenvalue weighted by Crippen LogP contribution is 2.24. The monoisotopic (exact) mass is 325 g/mol. The number of nitrogens with zero attached hydrogens (tertiary/aromatic N) is 5. The molecule has 0 bridgehead atoms. The van der Waals surface area contributed by atoms with E-state index in [1.54, 1.807) is 10.9 Å². The molecule has 0 aromatic carbocycles. The third-order valence-electron chi connectivity index (χ3n) is 4.38. The largest absolute Gasteiger partial charge is 0.383 e. The molecule has 8 heteroatoms. The van der Waals surface area contributed by atoms with E-state index in [2.05, 4.69) is 25.4 Å². The number of fused-ring (bicyclic) bond motifs is 1. The van der Waals surface area contributed by atoms with Gasteiger partial charge in [0, 0.05) is 25.4 Å².